The normalized spacial score (nSPS) is 49.2. The van der Waals surface area contributed by atoms with Crippen molar-refractivity contribution < 1.29 is 30.3 Å². The molecule has 0 aromatic heterocycles. The number of hydrogen-bond acceptors (Lipinski definition) is 6. The third kappa shape index (κ3) is 1.58. The summed E-state index contributed by atoms with van der Waals surface area (Å²) in [5, 5.41) is 44.7. The van der Waals surface area contributed by atoms with E-state index in [1.807, 2.05) is 0 Å². The number of aliphatic hydroxyl groups is 5. The van der Waals surface area contributed by atoms with Gasteiger partial charge in [0.1, 0.15) is 24.4 Å². The summed E-state index contributed by atoms with van der Waals surface area (Å²) in [5.41, 5.74) is 0. The molecular weight excluding hydrogens is 168 g/mol. The van der Waals surface area contributed by atoms with Gasteiger partial charge in [-0.2, -0.15) is 0 Å². The largest absolute Gasteiger partial charge is 0.394 e. The average molecular weight is 180 g/mol. The van der Waals surface area contributed by atoms with Crippen molar-refractivity contribution in [1.82, 2.24) is 0 Å². The Hall–Kier alpha value is -0.240. The van der Waals surface area contributed by atoms with E-state index in [1.165, 1.54) is 0 Å². The van der Waals surface area contributed by atoms with Crippen molar-refractivity contribution in [3.8, 4) is 0 Å². The van der Waals surface area contributed by atoms with Gasteiger partial charge in [0.05, 0.1) is 6.61 Å². The van der Waals surface area contributed by atoms with Crippen LogP contribution in [-0.4, -0.2) is 62.8 Å². The maximum atomic E-state index is 9.12. The first kappa shape index (κ1) is 9.85. The Morgan fingerprint density at radius 1 is 0.917 bits per heavy atom. The number of ether oxygens (including phenoxy) is 1. The lowest BCUT2D eigenvalue weighted by Crippen LogP contribution is -2.58. The number of hydrogen-bond donors (Lipinski definition) is 5. The maximum absolute atomic E-state index is 9.12. The minimum Gasteiger partial charge on any atom is -0.394 e. The molecule has 12 heavy (non-hydrogen) atoms. The van der Waals surface area contributed by atoms with Gasteiger partial charge >= 0.3 is 0 Å². The SMILES string of the molecule is OC[C@H]1O[C@@H](O)[C@@H](O)[C@@H](O)C1O. The molecule has 1 aliphatic heterocycles. The summed E-state index contributed by atoms with van der Waals surface area (Å²) in [7, 11) is 0. The Morgan fingerprint density at radius 3 is 2.00 bits per heavy atom. The van der Waals surface area contributed by atoms with E-state index >= 15 is 0 Å². The van der Waals surface area contributed by atoms with Crippen molar-refractivity contribution >= 4 is 0 Å². The molecule has 0 aliphatic carbocycles. The van der Waals surface area contributed by atoms with E-state index in [-0.39, 0.29) is 0 Å². The first-order chi connectivity index (χ1) is 5.57. The Balaban J connectivity index is 2.63. The van der Waals surface area contributed by atoms with E-state index < -0.39 is 37.3 Å². The lowest BCUT2D eigenvalue weighted by Gasteiger charge is -2.37. The van der Waals surface area contributed by atoms with E-state index in [1.54, 1.807) is 0 Å². The van der Waals surface area contributed by atoms with E-state index in [2.05, 4.69) is 4.74 Å². The van der Waals surface area contributed by atoms with Gasteiger partial charge in [0.2, 0.25) is 0 Å². The molecule has 0 aromatic rings. The van der Waals surface area contributed by atoms with Crippen molar-refractivity contribution in [2.75, 3.05) is 6.61 Å². The predicted molar refractivity (Wildman–Crippen MR) is 36.0 cm³/mol. The molecule has 72 valence electrons. The summed E-state index contributed by atoms with van der Waals surface area (Å²) in [5.74, 6) is 0. The molecule has 5 N–H and O–H groups in total. The van der Waals surface area contributed by atoms with Crippen LogP contribution in [0.4, 0.5) is 0 Å². The van der Waals surface area contributed by atoms with Crippen LogP contribution in [-0.2, 0) is 4.74 Å². The minimum atomic E-state index is -1.57. The Labute approximate surface area is 68.6 Å². The Bertz CT molecular complexity index is 146. The Kier molecular flexibility index (Phi) is 2.99. The van der Waals surface area contributed by atoms with Gasteiger partial charge in [-0.3, -0.25) is 0 Å². The van der Waals surface area contributed by atoms with Crippen LogP contribution in [0.3, 0.4) is 0 Å². The summed E-state index contributed by atoms with van der Waals surface area (Å²) >= 11 is 0. The van der Waals surface area contributed by atoms with E-state index in [0.29, 0.717) is 0 Å². The van der Waals surface area contributed by atoms with Crippen LogP contribution >= 0.6 is 0 Å². The average Bonchev–Trinajstić information content (AvgIpc) is 2.08. The fourth-order valence-electron chi connectivity index (χ4n) is 1.08. The fourth-order valence-corrected chi connectivity index (χ4v) is 1.08. The highest BCUT2D eigenvalue weighted by Crippen LogP contribution is 2.18. The topological polar surface area (TPSA) is 110 Å². The highest BCUT2D eigenvalue weighted by atomic mass is 16.6. The molecule has 1 unspecified atom stereocenters. The second-order valence-electron chi connectivity index (χ2n) is 2.72. The van der Waals surface area contributed by atoms with Gasteiger partial charge in [0, 0.05) is 0 Å². The van der Waals surface area contributed by atoms with Crippen molar-refractivity contribution in [1.29, 1.82) is 0 Å². The van der Waals surface area contributed by atoms with Gasteiger partial charge in [0.25, 0.3) is 0 Å². The van der Waals surface area contributed by atoms with Gasteiger partial charge in [-0.25, -0.2) is 0 Å². The summed E-state index contributed by atoms with van der Waals surface area (Å²) in [4.78, 5) is 0. The van der Waals surface area contributed by atoms with Gasteiger partial charge in [-0.05, 0) is 0 Å². The highest BCUT2D eigenvalue weighted by molar-refractivity contribution is 4.87. The lowest BCUT2D eigenvalue weighted by molar-refractivity contribution is -0.286. The molecule has 0 radical (unpaired) electrons. The van der Waals surface area contributed by atoms with Crippen LogP contribution in [0.1, 0.15) is 0 Å². The lowest BCUT2D eigenvalue weighted by atomic mass is 10.00. The zero-order valence-corrected chi connectivity index (χ0v) is 6.24. The molecule has 0 aromatic carbocycles. The molecule has 1 heterocycles. The minimum absolute atomic E-state index is 0.526. The summed E-state index contributed by atoms with van der Waals surface area (Å²) < 4.78 is 4.58. The first-order valence-corrected chi connectivity index (χ1v) is 3.56. The van der Waals surface area contributed by atoms with E-state index in [4.69, 9.17) is 25.5 Å². The third-order valence-corrected chi connectivity index (χ3v) is 1.87. The Morgan fingerprint density at radius 2 is 1.50 bits per heavy atom. The quantitative estimate of drug-likeness (QED) is 0.290. The zero-order valence-electron chi connectivity index (χ0n) is 6.24. The third-order valence-electron chi connectivity index (χ3n) is 1.87. The summed E-state index contributed by atoms with van der Waals surface area (Å²) in [6.07, 6.45) is -7.04. The van der Waals surface area contributed by atoms with Crippen molar-refractivity contribution in [3.63, 3.8) is 0 Å². The molecule has 0 bridgehead atoms. The molecule has 0 amide bonds. The van der Waals surface area contributed by atoms with Gasteiger partial charge in [-0.15, -0.1) is 0 Å². The molecule has 0 saturated carbocycles. The second-order valence-corrected chi connectivity index (χ2v) is 2.72. The smallest absolute Gasteiger partial charge is 0.184 e. The van der Waals surface area contributed by atoms with E-state index in [9.17, 15) is 0 Å². The molecule has 1 fully saturated rings. The monoisotopic (exact) mass is 180 g/mol. The van der Waals surface area contributed by atoms with Crippen LogP contribution in [0, 0.1) is 0 Å². The van der Waals surface area contributed by atoms with Crippen LogP contribution in [0.5, 0.6) is 0 Å². The number of rotatable bonds is 1. The fraction of sp³-hybridized carbons (Fsp3) is 1.00. The molecule has 1 aliphatic rings. The first-order valence-electron chi connectivity index (χ1n) is 3.56. The zero-order chi connectivity index (χ0) is 9.30. The van der Waals surface area contributed by atoms with Crippen molar-refractivity contribution in [2.45, 2.75) is 30.7 Å². The highest BCUT2D eigenvalue weighted by Gasteiger charge is 2.42. The van der Waals surface area contributed by atoms with Gasteiger partial charge in [-0.1, -0.05) is 0 Å². The van der Waals surface area contributed by atoms with Crippen molar-refractivity contribution in [3.05, 3.63) is 0 Å². The molecule has 6 heteroatoms. The standard InChI is InChI=1S/C6H12O6/c7-1-2-3(8)4(9)5(10)6(11)12-2/h2-11H,1H2/t2-,3?,4+,5+,6-/m1/s1. The summed E-state index contributed by atoms with van der Waals surface area (Å²) in [6.45, 7) is -0.526. The molecule has 6 nitrogen and oxygen atoms in total. The van der Waals surface area contributed by atoms with Gasteiger partial charge in [0.15, 0.2) is 6.29 Å². The summed E-state index contributed by atoms with van der Waals surface area (Å²) in [6, 6.07) is 0. The second kappa shape index (κ2) is 3.65. The molecule has 0 spiro atoms. The van der Waals surface area contributed by atoms with Crippen LogP contribution in [0.25, 0.3) is 0 Å². The molecular formula is C6H12O6. The van der Waals surface area contributed by atoms with E-state index in [0.717, 1.165) is 0 Å². The van der Waals surface area contributed by atoms with Crippen LogP contribution in [0.2, 0.25) is 0 Å². The molecule has 1 saturated heterocycles. The van der Waals surface area contributed by atoms with Gasteiger partial charge < -0.3 is 30.3 Å². The molecule has 5 atom stereocenters. The van der Waals surface area contributed by atoms with Crippen molar-refractivity contribution in [2.24, 2.45) is 0 Å². The molecule has 1 rings (SSSR count). The maximum Gasteiger partial charge on any atom is 0.184 e. The predicted octanol–water partition coefficient (Wildman–Crippen LogP) is -3.22. The van der Waals surface area contributed by atoms with Crippen LogP contribution < -0.4 is 0 Å². The van der Waals surface area contributed by atoms with Crippen LogP contribution in [0.15, 0.2) is 0 Å². The number of aliphatic hydroxyl groups excluding tert-OH is 5.